The van der Waals surface area contributed by atoms with E-state index in [4.69, 9.17) is 27.9 Å². The lowest BCUT2D eigenvalue weighted by Crippen LogP contribution is -2.60. The van der Waals surface area contributed by atoms with Gasteiger partial charge in [0.1, 0.15) is 6.04 Å². The Hall–Kier alpha value is -2.36. The van der Waals surface area contributed by atoms with E-state index in [0.29, 0.717) is 49.3 Å². The van der Waals surface area contributed by atoms with Crippen LogP contribution in [0.1, 0.15) is 18.1 Å². The highest BCUT2D eigenvalue weighted by atomic mass is 35.5. The standard InChI is InChI=1S/C28H37Cl2N5O3/c1-20(19-38-2)32-17-22-5-3-4-6-25(22)33-11-13-34(14-12-33)28(37)26(35-10-9-31-18-27(35)36)15-21-7-8-23(29)16-24(21)30/h3-8,16,20,26,31-32H,9-15,17-19H2,1-2H3/t20-,26?/m0/s1. The van der Waals surface area contributed by atoms with Gasteiger partial charge in [-0.25, -0.2) is 0 Å². The van der Waals surface area contributed by atoms with Crippen molar-refractivity contribution >= 4 is 40.7 Å². The molecule has 2 fully saturated rings. The van der Waals surface area contributed by atoms with Gasteiger partial charge >= 0.3 is 0 Å². The monoisotopic (exact) mass is 561 g/mol. The highest BCUT2D eigenvalue weighted by Crippen LogP contribution is 2.26. The smallest absolute Gasteiger partial charge is 0.245 e. The van der Waals surface area contributed by atoms with E-state index in [1.54, 1.807) is 24.1 Å². The molecule has 2 amide bonds. The SMILES string of the molecule is COC[C@H](C)NCc1ccccc1N1CCN(C(=O)C(Cc2ccc(Cl)cc2Cl)N2CCNCC2=O)CC1. The fraction of sp³-hybridized carbons (Fsp3) is 0.500. The van der Waals surface area contributed by atoms with Gasteiger partial charge in [0, 0.05) is 81.1 Å². The molecule has 2 aromatic rings. The van der Waals surface area contributed by atoms with Crippen molar-refractivity contribution in [2.75, 3.05) is 64.4 Å². The maximum Gasteiger partial charge on any atom is 0.245 e. The third-order valence-electron chi connectivity index (χ3n) is 7.20. The van der Waals surface area contributed by atoms with E-state index in [2.05, 4.69) is 46.7 Å². The van der Waals surface area contributed by atoms with Gasteiger partial charge in [0.25, 0.3) is 0 Å². The van der Waals surface area contributed by atoms with Crippen LogP contribution in [0.25, 0.3) is 0 Å². The third kappa shape index (κ3) is 7.18. The van der Waals surface area contributed by atoms with Crippen LogP contribution in [0.2, 0.25) is 10.0 Å². The fourth-order valence-electron chi connectivity index (χ4n) is 5.12. The molecule has 10 heteroatoms. The number of halogens is 2. The van der Waals surface area contributed by atoms with Gasteiger partial charge in [-0.15, -0.1) is 0 Å². The molecule has 0 aliphatic carbocycles. The second-order valence-corrected chi connectivity index (χ2v) is 10.7. The van der Waals surface area contributed by atoms with Crippen LogP contribution in [-0.2, 0) is 27.3 Å². The Kier molecular flexibility index (Phi) is 10.3. The summed E-state index contributed by atoms with van der Waals surface area (Å²) in [6.45, 7) is 7.51. The summed E-state index contributed by atoms with van der Waals surface area (Å²) in [5.41, 5.74) is 3.21. The minimum atomic E-state index is -0.603. The van der Waals surface area contributed by atoms with Gasteiger partial charge in [0.2, 0.25) is 11.8 Å². The number of rotatable bonds is 10. The summed E-state index contributed by atoms with van der Waals surface area (Å²) in [6, 6.07) is 13.3. The summed E-state index contributed by atoms with van der Waals surface area (Å²) in [5, 5.41) is 7.66. The van der Waals surface area contributed by atoms with Crippen molar-refractivity contribution in [2.45, 2.75) is 32.0 Å². The highest BCUT2D eigenvalue weighted by molar-refractivity contribution is 6.35. The first-order valence-electron chi connectivity index (χ1n) is 13.2. The van der Waals surface area contributed by atoms with Crippen LogP contribution in [0, 0.1) is 0 Å². The molecule has 2 saturated heterocycles. The van der Waals surface area contributed by atoms with Gasteiger partial charge in [0.05, 0.1) is 13.2 Å². The van der Waals surface area contributed by atoms with Crippen molar-refractivity contribution in [1.29, 1.82) is 0 Å². The minimum Gasteiger partial charge on any atom is -0.383 e. The first kappa shape index (κ1) is 28.6. The molecule has 2 aliphatic rings. The number of para-hydroxylation sites is 1. The van der Waals surface area contributed by atoms with Gasteiger partial charge in [-0.3, -0.25) is 9.59 Å². The molecule has 2 heterocycles. The van der Waals surface area contributed by atoms with Gasteiger partial charge in [-0.1, -0.05) is 47.5 Å². The predicted octanol–water partition coefficient (Wildman–Crippen LogP) is 2.81. The average molecular weight is 563 g/mol. The number of anilines is 1. The maximum atomic E-state index is 13.9. The minimum absolute atomic E-state index is 0.0331. The summed E-state index contributed by atoms with van der Waals surface area (Å²) in [5.74, 6) is -0.100. The van der Waals surface area contributed by atoms with Gasteiger partial charge in [-0.2, -0.15) is 0 Å². The second-order valence-electron chi connectivity index (χ2n) is 9.90. The average Bonchev–Trinajstić information content (AvgIpc) is 2.92. The van der Waals surface area contributed by atoms with Crippen LogP contribution < -0.4 is 15.5 Å². The Balaban J connectivity index is 1.45. The molecule has 1 unspecified atom stereocenters. The van der Waals surface area contributed by atoms with E-state index in [-0.39, 0.29) is 24.4 Å². The molecule has 0 saturated carbocycles. The molecular formula is C28H37Cl2N5O3. The Bertz CT molecular complexity index is 1110. The largest absolute Gasteiger partial charge is 0.383 e. The topological polar surface area (TPSA) is 77.2 Å². The third-order valence-corrected chi connectivity index (χ3v) is 7.78. The highest BCUT2D eigenvalue weighted by Gasteiger charge is 2.36. The molecule has 2 atom stereocenters. The number of hydrogen-bond acceptors (Lipinski definition) is 6. The van der Waals surface area contributed by atoms with Crippen LogP contribution in [-0.4, -0.2) is 93.2 Å². The summed E-state index contributed by atoms with van der Waals surface area (Å²) >= 11 is 12.5. The zero-order valence-electron chi connectivity index (χ0n) is 22.1. The number of methoxy groups -OCH3 is 1. The fourth-order valence-corrected chi connectivity index (χ4v) is 5.60. The first-order chi connectivity index (χ1) is 18.4. The van der Waals surface area contributed by atoms with Crippen LogP contribution in [0.3, 0.4) is 0 Å². The quantitative estimate of drug-likeness (QED) is 0.464. The van der Waals surface area contributed by atoms with E-state index in [0.717, 1.165) is 25.2 Å². The Labute approximate surface area is 235 Å². The van der Waals surface area contributed by atoms with E-state index in [1.807, 2.05) is 11.0 Å². The number of hydrogen-bond donors (Lipinski definition) is 2. The molecule has 0 spiro atoms. The van der Waals surface area contributed by atoms with Crippen molar-refractivity contribution in [3.05, 3.63) is 63.6 Å². The second kappa shape index (κ2) is 13.6. The van der Waals surface area contributed by atoms with E-state index < -0.39 is 6.04 Å². The van der Waals surface area contributed by atoms with Crippen molar-refractivity contribution in [3.63, 3.8) is 0 Å². The lowest BCUT2D eigenvalue weighted by Gasteiger charge is -2.41. The molecule has 8 nitrogen and oxygen atoms in total. The summed E-state index contributed by atoms with van der Waals surface area (Å²) in [7, 11) is 1.71. The number of carbonyl (C=O) groups excluding carboxylic acids is 2. The van der Waals surface area contributed by atoms with Crippen molar-refractivity contribution < 1.29 is 14.3 Å². The molecule has 38 heavy (non-hydrogen) atoms. The van der Waals surface area contributed by atoms with Gasteiger partial charge in [0.15, 0.2) is 0 Å². The van der Waals surface area contributed by atoms with Crippen LogP contribution in [0.5, 0.6) is 0 Å². The van der Waals surface area contributed by atoms with Crippen molar-refractivity contribution in [2.24, 2.45) is 0 Å². The molecule has 2 aromatic carbocycles. The van der Waals surface area contributed by atoms with Crippen LogP contribution in [0.15, 0.2) is 42.5 Å². The number of benzene rings is 2. The first-order valence-corrected chi connectivity index (χ1v) is 13.9. The molecule has 0 bridgehead atoms. The summed E-state index contributed by atoms with van der Waals surface area (Å²) in [6.07, 6.45) is 0.356. The number of amides is 2. The zero-order valence-corrected chi connectivity index (χ0v) is 23.6. The Morgan fingerprint density at radius 1 is 1.08 bits per heavy atom. The predicted molar refractivity (Wildman–Crippen MR) is 152 cm³/mol. The maximum absolute atomic E-state index is 13.9. The molecule has 0 radical (unpaired) electrons. The van der Waals surface area contributed by atoms with E-state index >= 15 is 0 Å². The molecule has 2 aliphatic heterocycles. The van der Waals surface area contributed by atoms with Crippen molar-refractivity contribution in [1.82, 2.24) is 20.4 Å². The normalized spacial score (nSPS) is 18.0. The number of ether oxygens (including phenoxy) is 1. The molecule has 4 rings (SSSR count). The molecular weight excluding hydrogens is 525 g/mol. The van der Waals surface area contributed by atoms with Gasteiger partial charge in [-0.05, 0) is 36.2 Å². The van der Waals surface area contributed by atoms with E-state index in [1.165, 1.54) is 11.3 Å². The lowest BCUT2D eigenvalue weighted by molar-refractivity contribution is -0.146. The molecule has 2 N–H and O–H groups in total. The van der Waals surface area contributed by atoms with Crippen LogP contribution in [0.4, 0.5) is 5.69 Å². The van der Waals surface area contributed by atoms with Crippen molar-refractivity contribution in [3.8, 4) is 0 Å². The number of piperazine rings is 2. The molecule has 206 valence electrons. The number of carbonyl (C=O) groups is 2. The Morgan fingerprint density at radius 2 is 1.84 bits per heavy atom. The Morgan fingerprint density at radius 3 is 2.55 bits per heavy atom. The zero-order chi connectivity index (χ0) is 27.1. The number of nitrogens with one attached hydrogen (secondary N) is 2. The summed E-state index contributed by atoms with van der Waals surface area (Å²) in [4.78, 5) is 32.6. The number of nitrogens with zero attached hydrogens (tertiary/aromatic N) is 3. The molecule has 0 aromatic heterocycles. The summed E-state index contributed by atoms with van der Waals surface area (Å²) < 4.78 is 5.24. The van der Waals surface area contributed by atoms with E-state index in [9.17, 15) is 9.59 Å². The lowest BCUT2D eigenvalue weighted by atomic mass is 10.0. The van der Waals surface area contributed by atoms with Crippen LogP contribution >= 0.6 is 23.2 Å². The van der Waals surface area contributed by atoms with Gasteiger partial charge < -0.3 is 30.1 Å².